The van der Waals surface area contributed by atoms with Crippen LogP contribution in [0.25, 0.3) is 0 Å². The number of imide groups is 1. The third-order valence-electron chi connectivity index (χ3n) is 6.70. The monoisotopic (exact) mass is 587 g/mol. The zero-order chi connectivity index (χ0) is 28.4. The number of anilines is 1. The Hall–Kier alpha value is -2.71. The van der Waals surface area contributed by atoms with Crippen LogP contribution >= 0.6 is 23.4 Å². The highest BCUT2D eigenvalue weighted by atomic mass is 35.5. The maximum Gasteiger partial charge on any atom is 0.497 e. The molecule has 1 aromatic heterocycles. The highest BCUT2D eigenvalue weighted by Crippen LogP contribution is 2.43. The van der Waals surface area contributed by atoms with Gasteiger partial charge < -0.3 is 4.74 Å². The van der Waals surface area contributed by atoms with Gasteiger partial charge in [-0.1, -0.05) is 11.6 Å². The Morgan fingerprint density at radius 1 is 1.18 bits per heavy atom. The van der Waals surface area contributed by atoms with Crippen LogP contribution in [-0.2, 0) is 25.7 Å². The molecule has 2 aliphatic rings. The normalized spacial score (nSPS) is 21.8. The highest BCUT2D eigenvalue weighted by molar-refractivity contribution is 7.99. The molecule has 1 unspecified atom stereocenters. The number of rotatable bonds is 8. The smallest absolute Gasteiger partial charge is 0.379 e. The number of aromatic nitrogens is 1. The summed E-state index contributed by atoms with van der Waals surface area (Å²) in [6, 6.07) is 6.31. The number of hydrogen-bond acceptors (Lipinski definition) is 8. The molecule has 3 amide bonds. The van der Waals surface area contributed by atoms with Crippen molar-refractivity contribution >= 4 is 47.0 Å². The highest BCUT2D eigenvalue weighted by Gasteiger charge is 2.71. The molecule has 9 nitrogen and oxygen atoms in total. The first kappa shape index (κ1) is 29.3. The van der Waals surface area contributed by atoms with Gasteiger partial charge >= 0.3 is 24.1 Å². The summed E-state index contributed by atoms with van der Waals surface area (Å²) in [5.74, 6) is -2.69. The number of carbonyl (C=O) groups excluding carboxylic acids is 3. The van der Waals surface area contributed by atoms with E-state index in [9.17, 15) is 27.6 Å². The van der Waals surface area contributed by atoms with E-state index in [4.69, 9.17) is 21.2 Å². The number of halogens is 4. The zero-order valence-electron chi connectivity index (χ0n) is 21.2. The van der Waals surface area contributed by atoms with Gasteiger partial charge in [-0.05, 0) is 35.0 Å². The van der Waals surface area contributed by atoms with E-state index >= 15 is 0 Å². The molecule has 210 valence electrons. The molecule has 2 aromatic rings. The molecule has 0 bridgehead atoms. The summed E-state index contributed by atoms with van der Waals surface area (Å²) in [6.07, 6.45) is -2.64. The fourth-order valence-corrected chi connectivity index (χ4v) is 5.66. The zero-order valence-corrected chi connectivity index (χ0v) is 22.8. The van der Waals surface area contributed by atoms with E-state index in [0.29, 0.717) is 23.7 Å². The van der Waals surface area contributed by atoms with Crippen molar-refractivity contribution in [1.82, 2.24) is 9.88 Å². The number of pyridine rings is 1. The van der Waals surface area contributed by atoms with Crippen molar-refractivity contribution in [2.45, 2.75) is 37.0 Å². The summed E-state index contributed by atoms with van der Waals surface area (Å²) in [5, 5.41) is 0.268. The number of benzene rings is 1. The Labute approximate surface area is 232 Å². The standard InChI is InChI=1S/C25H27ClF3N4O5S/c1-24(2)21(34)32(18-3-4-20(19(26)15-18)39-14-11-31-9-12-37-13-10-31)23(36)33(24,38-22(35)25(27,28)29)16-17-5-7-30-8-6-17/h3-8,15H,9-14,16H2,1-2H3/q+1. The van der Waals surface area contributed by atoms with Crippen molar-refractivity contribution in [3.05, 3.63) is 53.3 Å². The number of amides is 3. The van der Waals surface area contributed by atoms with E-state index in [0.717, 1.165) is 30.3 Å². The molecule has 0 aliphatic carbocycles. The first-order valence-electron chi connectivity index (χ1n) is 12.1. The Morgan fingerprint density at radius 2 is 1.85 bits per heavy atom. The topological polar surface area (TPSA) is 89.0 Å². The lowest BCUT2D eigenvalue weighted by molar-refractivity contribution is -1.06. The lowest BCUT2D eigenvalue weighted by Crippen LogP contribution is -2.62. The summed E-state index contributed by atoms with van der Waals surface area (Å²) in [4.78, 5) is 51.8. The number of hydroxylamine groups is 3. The molecule has 2 saturated heterocycles. The Bertz CT molecular complexity index is 1240. The van der Waals surface area contributed by atoms with Crippen molar-refractivity contribution < 1.29 is 41.8 Å². The van der Waals surface area contributed by atoms with E-state index in [1.54, 1.807) is 6.07 Å². The number of nitrogens with zero attached hydrogens (tertiary/aromatic N) is 4. The summed E-state index contributed by atoms with van der Waals surface area (Å²) in [5.41, 5.74) is -1.52. The fraction of sp³-hybridized carbons (Fsp3) is 0.440. The molecule has 3 heterocycles. The Balaban J connectivity index is 1.62. The minimum Gasteiger partial charge on any atom is -0.379 e. The van der Waals surface area contributed by atoms with Crippen molar-refractivity contribution in [2.75, 3.05) is 43.5 Å². The number of hydrogen-bond donors (Lipinski definition) is 0. The van der Waals surface area contributed by atoms with Crippen LogP contribution in [0.15, 0.2) is 47.6 Å². The predicted octanol–water partition coefficient (Wildman–Crippen LogP) is 4.44. The average molecular weight is 588 g/mol. The molecule has 1 aromatic carbocycles. The van der Waals surface area contributed by atoms with Crippen LogP contribution in [0.4, 0.5) is 23.7 Å². The minimum absolute atomic E-state index is 0.0541. The van der Waals surface area contributed by atoms with Crippen molar-refractivity contribution in [1.29, 1.82) is 0 Å². The number of alkyl halides is 3. The molecule has 2 fully saturated rings. The second-order valence-corrected chi connectivity index (χ2v) is 11.1. The van der Waals surface area contributed by atoms with Crippen LogP contribution in [0.1, 0.15) is 19.4 Å². The van der Waals surface area contributed by atoms with E-state index < -0.39 is 40.8 Å². The lowest BCUT2D eigenvalue weighted by atomic mass is 10.0. The number of morpholine rings is 1. The number of carbonyl (C=O) groups is 3. The molecule has 0 saturated carbocycles. The molecule has 39 heavy (non-hydrogen) atoms. The quantitative estimate of drug-likeness (QED) is 0.254. The van der Waals surface area contributed by atoms with Crippen LogP contribution in [0.3, 0.4) is 0 Å². The van der Waals surface area contributed by atoms with Gasteiger partial charge in [-0.25, -0.2) is 9.59 Å². The average Bonchev–Trinajstić information content (AvgIpc) is 3.03. The largest absolute Gasteiger partial charge is 0.497 e. The van der Waals surface area contributed by atoms with Gasteiger partial charge in [0.1, 0.15) is 0 Å². The van der Waals surface area contributed by atoms with Crippen LogP contribution in [0.5, 0.6) is 0 Å². The molecular weight excluding hydrogens is 561 g/mol. The van der Waals surface area contributed by atoms with Crippen molar-refractivity contribution in [2.24, 2.45) is 0 Å². The van der Waals surface area contributed by atoms with Gasteiger partial charge in [0.2, 0.25) is 5.54 Å². The van der Waals surface area contributed by atoms with E-state index in [-0.39, 0.29) is 10.7 Å². The number of quaternary nitrogens is 1. The SMILES string of the molecule is CC1(C)C(=O)N(c2ccc(SCCN3CCOCC3)c(Cl)c2)C(=O)[N+]1(Cc1ccncc1)OC(=O)C(F)(F)F. The van der Waals surface area contributed by atoms with Crippen LogP contribution in [0, 0.1) is 0 Å². The van der Waals surface area contributed by atoms with Crippen LogP contribution in [-0.4, -0.2) is 82.8 Å². The van der Waals surface area contributed by atoms with Gasteiger partial charge in [-0.3, -0.25) is 19.5 Å². The third kappa shape index (κ3) is 5.92. The summed E-state index contributed by atoms with van der Waals surface area (Å²) >= 11 is 7.99. The van der Waals surface area contributed by atoms with Gasteiger partial charge in [0.15, 0.2) is 6.54 Å². The van der Waals surface area contributed by atoms with E-state index in [1.165, 1.54) is 62.3 Å². The summed E-state index contributed by atoms with van der Waals surface area (Å²) < 4.78 is 43.7. The van der Waals surface area contributed by atoms with E-state index in [2.05, 4.69) is 9.88 Å². The third-order valence-corrected chi connectivity index (χ3v) is 8.18. The molecule has 0 N–H and O–H groups in total. The molecule has 14 heteroatoms. The van der Waals surface area contributed by atoms with Gasteiger partial charge in [0.05, 0.1) is 23.9 Å². The van der Waals surface area contributed by atoms with Gasteiger partial charge in [-0.15, -0.1) is 11.8 Å². The second kappa shape index (κ2) is 11.4. The van der Waals surface area contributed by atoms with Gasteiger partial charge in [-0.2, -0.15) is 18.1 Å². The maximum absolute atomic E-state index is 13.8. The molecule has 1 atom stereocenters. The number of urea groups is 1. The molecule has 0 radical (unpaired) electrons. The molecule has 4 rings (SSSR count). The number of thioether (sulfide) groups is 1. The Kier molecular flexibility index (Phi) is 8.57. The molecular formula is C25H27ClF3N4O5S+. The Morgan fingerprint density at radius 3 is 2.46 bits per heavy atom. The van der Waals surface area contributed by atoms with E-state index in [1.807, 2.05) is 0 Å². The van der Waals surface area contributed by atoms with Gasteiger partial charge in [0.25, 0.3) is 0 Å². The predicted molar refractivity (Wildman–Crippen MR) is 137 cm³/mol. The van der Waals surface area contributed by atoms with Gasteiger partial charge in [0, 0.05) is 62.1 Å². The maximum atomic E-state index is 13.8. The molecule has 2 aliphatic heterocycles. The fourth-order valence-electron chi connectivity index (χ4n) is 4.39. The van der Waals surface area contributed by atoms with Crippen LogP contribution in [0.2, 0.25) is 5.02 Å². The first-order chi connectivity index (χ1) is 18.4. The first-order valence-corrected chi connectivity index (χ1v) is 13.4. The summed E-state index contributed by atoms with van der Waals surface area (Å²) in [6.45, 7) is 5.89. The minimum atomic E-state index is -5.39. The van der Waals surface area contributed by atoms with Crippen molar-refractivity contribution in [3.8, 4) is 0 Å². The lowest BCUT2D eigenvalue weighted by Gasteiger charge is -2.35. The van der Waals surface area contributed by atoms with Crippen molar-refractivity contribution in [3.63, 3.8) is 0 Å². The van der Waals surface area contributed by atoms with Crippen LogP contribution < -0.4 is 4.90 Å². The number of ether oxygens (including phenoxy) is 1. The summed E-state index contributed by atoms with van der Waals surface area (Å²) in [7, 11) is 0. The molecule has 0 spiro atoms. The second-order valence-electron chi connectivity index (χ2n) is 9.53.